The van der Waals surface area contributed by atoms with E-state index in [-0.39, 0.29) is 5.54 Å². The maximum Gasteiger partial charge on any atom is 0.142 e. The van der Waals surface area contributed by atoms with Gasteiger partial charge >= 0.3 is 0 Å². The normalized spacial score (nSPS) is 22.9. The topological polar surface area (TPSA) is 24.5 Å². The summed E-state index contributed by atoms with van der Waals surface area (Å²) in [6, 6.07) is 6.62. The van der Waals surface area contributed by atoms with E-state index in [4.69, 9.17) is 4.74 Å². The Morgan fingerprint density at radius 2 is 2.17 bits per heavy atom. The molecular weight excluding hydrogens is 292 g/mol. The highest BCUT2D eigenvalue weighted by atomic mass is 79.9. The largest absolute Gasteiger partial charge is 0.495 e. The first-order chi connectivity index (χ1) is 8.43. The third-order valence-corrected chi connectivity index (χ3v) is 3.92. The Hall–Kier alpha value is -0.740. The van der Waals surface area contributed by atoms with Crippen LogP contribution in [0.1, 0.15) is 20.8 Å². The van der Waals surface area contributed by atoms with Crippen molar-refractivity contribution in [3.05, 3.63) is 22.7 Å². The molecule has 2 rings (SSSR count). The van der Waals surface area contributed by atoms with E-state index < -0.39 is 0 Å². The Bertz CT molecular complexity index is 434. The molecule has 1 saturated heterocycles. The van der Waals surface area contributed by atoms with Gasteiger partial charge in [-0.25, -0.2) is 0 Å². The second kappa shape index (κ2) is 5.10. The zero-order valence-corrected chi connectivity index (χ0v) is 13.0. The number of benzene rings is 1. The molecule has 1 aliphatic rings. The highest BCUT2D eigenvalue weighted by molar-refractivity contribution is 9.10. The number of hydrogen-bond acceptors (Lipinski definition) is 3. The summed E-state index contributed by atoms with van der Waals surface area (Å²) in [7, 11) is 1.73. The molecule has 1 atom stereocenters. The molecule has 0 aromatic heterocycles. The van der Waals surface area contributed by atoms with Gasteiger partial charge in [0.1, 0.15) is 5.75 Å². The number of rotatable bonds is 2. The monoisotopic (exact) mass is 312 g/mol. The van der Waals surface area contributed by atoms with Gasteiger partial charge in [0.05, 0.1) is 12.8 Å². The highest BCUT2D eigenvalue weighted by Crippen LogP contribution is 2.34. The first-order valence-corrected chi connectivity index (χ1v) is 7.07. The first-order valence-electron chi connectivity index (χ1n) is 6.28. The average Bonchev–Trinajstić information content (AvgIpc) is 2.32. The standard InChI is InChI=1S/C14H21BrN2O/c1-10-8-16-14(2,3)9-17(10)12-7-11(15)5-6-13(12)18-4/h5-7,10,16H,8-9H2,1-4H3. The van der Waals surface area contributed by atoms with Crippen molar-refractivity contribution >= 4 is 21.6 Å². The van der Waals surface area contributed by atoms with Crippen LogP contribution in [0.5, 0.6) is 5.75 Å². The van der Waals surface area contributed by atoms with E-state index >= 15 is 0 Å². The number of hydrogen-bond donors (Lipinski definition) is 1. The fraction of sp³-hybridized carbons (Fsp3) is 0.571. The quantitative estimate of drug-likeness (QED) is 0.908. The predicted molar refractivity (Wildman–Crippen MR) is 79.6 cm³/mol. The first kappa shape index (κ1) is 13.7. The van der Waals surface area contributed by atoms with E-state index in [1.165, 1.54) is 0 Å². The third-order valence-electron chi connectivity index (χ3n) is 3.42. The molecule has 0 spiro atoms. The molecule has 4 heteroatoms. The summed E-state index contributed by atoms with van der Waals surface area (Å²) in [5.74, 6) is 0.933. The van der Waals surface area contributed by atoms with Crippen molar-refractivity contribution in [2.24, 2.45) is 0 Å². The van der Waals surface area contributed by atoms with Crippen LogP contribution >= 0.6 is 15.9 Å². The lowest BCUT2D eigenvalue weighted by molar-refractivity contribution is 0.315. The number of halogens is 1. The lowest BCUT2D eigenvalue weighted by Crippen LogP contribution is -2.61. The summed E-state index contributed by atoms with van der Waals surface area (Å²) in [6.07, 6.45) is 0. The summed E-state index contributed by atoms with van der Waals surface area (Å²) in [5.41, 5.74) is 1.29. The molecule has 0 saturated carbocycles. The minimum atomic E-state index is 0.125. The van der Waals surface area contributed by atoms with Crippen LogP contribution in [0.2, 0.25) is 0 Å². The van der Waals surface area contributed by atoms with E-state index in [0.717, 1.165) is 29.0 Å². The number of piperazine rings is 1. The minimum absolute atomic E-state index is 0.125. The molecule has 100 valence electrons. The van der Waals surface area contributed by atoms with Crippen molar-refractivity contribution in [2.75, 3.05) is 25.1 Å². The summed E-state index contributed by atoms with van der Waals surface area (Å²) in [6.45, 7) is 8.67. The Morgan fingerprint density at radius 3 is 2.83 bits per heavy atom. The van der Waals surface area contributed by atoms with Crippen LogP contribution in [0.15, 0.2) is 22.7 Å². The van der Waals surface area contributed by atoms with Crippen LogP contribution in [0, 0.1) is 0 Å². The molecule has 1 aromatic rings. The molecule has 0 radical (unpaired) electrons. The SMILES string of the molecule is COc1ccc(Br)cc1N1CC(C)(C)NCC1C. The number of nitrogens with zero attached hydrogens (tertiary/aromatic N) is 1. The van der Waals surface area contributed by atoms with Crippen molar-refractivity contribution in [3.8, 4) is 5.75 Å². The van der Waals surface area contributed by atoms with Crippen molar-refractivity contribution in [1.82, 2.24) is 5.32 Å². The zero-order chi connectivity index (χ0) is 13.3. The summed E-state index contributed by atoms with van der Waals surface area (Å²) in [4.78, 5) is 2.42. The van der Waals surface area contributed by atoms with Gasteiger partial charge in [-0.15, -0.1) is 0 Å². The van der Waals surface area contributed by atoms with Crippen LogP contribution < -0.4 is 15.0 Å². The van der Waals surface area contributed by atoms with Crippen molar-refractivity contribution in [2.45, 2.75) is 32.4 Å². The van der Waals surface area contributed by atoms with E-state index in [0.29, 0.717) is 6.04 Å². The lowest BCUT2D eigenvalue weighted by Gasteiger charge is -2.45. The fourth-order valence-corrected chi connectivity index (χ4v) is 2.73. The van der Waals surface area contributed by atoms with Gasteiger partial charge < -0.3 is 15.0 Å². The molecule has 18 heavy (non-hydrogen) atoms. The molecule has 0 aliphatic carbocycles. The Kier molecular flexibility index (Phi) is 3.87. The summed E-state index contributed by atoms with van der Waals surface area (Å²) in [5, 5.41) is 3.57. The van der Waals surface area contributed by atoms with Gasteiger partial charge in [0.2, 0.25) is 0 Å². The second-order valence-corrected chi connectivity index (χ2v) is 6.47. The van der Waals surface area contributed by atoms with Crippen molar-refractivity contribution in [3.63, 3.8) is 0 Å². The van der Waals surface area contributed by atoms with Crippen LogP contribution in [-0.2, 0) is 0 Å². The smallest absolute Gasteiger partial charge is 0.142 e. The molecule has 0 amide bonds. The van der Waals surface area contributed by atoms with Gasteiger partial charge in [-0.3, -0.25) is 0 Å². The molecule has 1 fully saturated rings. The number of anilines is 1. The number of nitrogens with one attached hydrogen (secondary N) is 1. The predicted octanol–water partition coefficient (Wildman–Crippen LogP) is 3.03. The number of methoxy groups -OCH3 is 1. The molecule has 1 unspecified atom stereocenters. The van der Waals surface area contributed by atoms with Gasteiger partial charge in [-0.05, 0) is 39.0 Å². The Morgan fingerprint density at radius 1 is 1.44 bits per heavy atom. The molecule has 1 heterocycles. The molecule has 3 nitrogen and oxygen atoms in total. The molecule has 1 aromatic carbocycles. The molecule has 0 bridgehead atoms. The Labute approximate surface area is 118 Å². The maximum absolute atomic E-state index is 5.49. The average molecular weight is 313 g/mol. The molecule has 1 aliphatic heterocycles. The highest BCUT2D eigenvalue weighted by Gasteiger charge is 2.31. The van der Waals surface area contributed by atoms with E-state index in [9.17, 15) is 0 Å². The van der Waals surface area contributed by atoms with Crippen LogP contribution in [0.25, 0.3) is 0 Å². The van der Waals surface area contributed by atoms with Gasteiger partial charge in [0.15, 0.2) is 0 Å². The molecular formula is C14H21BrN2O. The zero-order valence-electron chi connectivity index (χ0n) is 11.5. The molecule has 1 N–H and O–H groups in total. The third kappa shape index (κ3) is 2.81. The van der Waals surface area contributed by atoms with E-state index in [1.54, 1.807) is 7.11 Å². The summed E-state index contributed by atoms with van der Waals surface area (Å²) < 4.78 is 6.57. The van der Waals surface area contributed by atoms with Crippen molar-refractivity contribution < 1.29 is 4.74 Å². The van der Waals surface area contributed by atoms with E-state index in [2.05, 4.69) is 53.0 Å². The van der Waals surface area contributed by atoms with Gasteiger partial charge in [-0.1, -0.05) is 15.9 Å². The van der Waals surface area contributed by atoms with Gasteiger partial charge in [0.25, 0.3) is 0 Å². The summed E-state index contributed by atoms with van der Waals surface area (Å²) >= 11 is 3.54. The van der Waals surface area contributed by atoms with Crippen LogP contribution in [-0.4, -0.2) is 31.8 Å². The maximum atomic E-state index is 5.49. The van der Waals surface area contributed by atoms with Crippen LogP contribution in [0.4, 0.5) is 5.69 Å². The number of ether oxygens (including phenoxy) is 1. The van der Waals surface area contributed by atoms with Crippen LogP contribution in [0.3, 0.4) is 0 Å². The fourth-order valence-electron chi connectivity index (χ4n) is 2.38. The van der Waals surface area contributed by atoms with E-state index in [1.807, 2.05) is 12.1 Å². The van der Waals surface area contributed by atoms with Gasteiger partial charge in [-0.2, -0.15) is 0 Å². The minimum Gasteiger partial charge on any atom is -0.495 e. The Balaban J connectivity index is 2.36. The van der Waals surface area contributed by atoms with Gasteiger partial charge in [0, 0.05) is 29.1 Å². The van der Waals surface area contributed by atoms with Crippen molar-refractivity contribution in [1.29, 1.82) is 0 Å². The lowest BCUT2D eigenvalue weighted by atomic mass is 9.98. The second-order valence-electron chi connectivity index (χ2n) is 5.56.